The first-order valence-electron chi connectivity index (χ1n) is 10.4. The predicted octanol–water partition coefficient (Wildman–Crippen LogP) is 3.25. The molecular formula is C23H27N3O3. The van der Waals surface area contributed by atoms with Crippen LogP contribution in [0.2, 0.25) is 0 Å². The van der Waals surface area contributed by atoms with E-state index in [4.69, 9.17) is 4.74 Å². The number of piperidine rings is 1. The Morgan fingerprint density at radius 2 is 1.48 bits per heavy atom. The van der Waals surface area contributed by atoms with Gasteiger partial charge in [0, 0.05) is 55.6 Å². The first kappa shape index (κ1) is 19.4. The van der Waals surface area contributed by atoms with Gasteiger partial charge >= 0.3 is 0 Å². The zero-order chi connectivity index (χ0) is 20.1. The van der Waals surface area contributed by atoms with Gasteiger partial charge < -0.3 is 14.5 Å². The number of ether oxygens (including phenoxy) is 1. The maximum absolute atomic E-state index is 12.7. The maximum atomic E-state index is 12.7. The first-order valence-corrected chi connectivity index (χ1v) is 10.4. The van der Waals surface area contributed by atoms with Gasteiger partial charge in [-0.3, -0.25) is 14.6 Å². The highest BCUT2D eigenvalue weighted by atomic mass is 16.5. The number of amides is 2. The van der Waals surface area contributed by atoms with E-state index >= 15 is 0 Å². The summed E-state index contributed by atoms with van der Waals surface area (Å²) < 4.78 is 5.97. The molecule has 2 aromatic rings. The summed E-state index contributed by atoms with van der Waals surface area (Å²) in [5.41, 5.74) is 1.39. The normalized spacial score (nSPS) is 19.2. The Morgan fingerprint density at radius 1 is 0.862 bits per heavy atom. The predicted molar refractivity (Wildman–Crippen MR) is 110 cm³/mol. The molecule has 1 aromatic heterocycles. The molecule has 0 saturated carbocycles. The Bertz CT molecular complexity index is 832. The Balaban J connectivity index is 1.29. The molecule has 0 N–H and O–H groups in total. The number of carbonyl (C=O) groups excluding carboxylic acids is 2. The third-order valence-corrected chi connectivity index (χ3v) is 5.71. The van der Waals surface area contributed by atoms with Crippen LogP contribution in [0.25, 0.3) is 0 Å². The quantitative estimate of drug-likeness (QED) is 0.782. The number of hydrogen-bond acceptors (Lipinski definition) is 4. The van der Waals surface area contributed by atoms with Crippen molar-refractivity contribution in [1.29, 1.82) is 0 Å². The molecule has 3 heterocycles. The van der Waals surface area contributed by atoms with Crippen molar-refractivity contribution in [2.45, 2.75) is 25.7 Å². The largest absolute Gasteiger partial charge is 0.493 e. The maximum Gasteiger partial charge on any atom is 0.253 e. The van der Waals surface area contributed by atoms with Crippen LogP contribution in [0.4, 0.5) is 0 Å². The van der Waals surface area contributed by atoms with Crippen LogP contribution in [-0.2, 0) is 0 Å². The standard InChI is InChI=1S/C23H27N3O3/c27-22(25-13-1-2-14-25)19-5-7-21(8-6-19)29-17-18-4-3-15-26(16-18)23(28)20-9-11-24-12-10-20/h5-12,18H,1-4,13-17H2. The molecule has 2 aliphatic rings. The van der Waals surface area contributed by atoms with Gasteiger partial charge in [-0.25, -0.2) is 0 Å². The number of nitrogens with zero attached hydrogens (tertiary/aromatic N) is 3. The molecule has 6 heteroatoms. The van der Waals surface area contributed by atoms with Crippen molar-refractivity contribution >= 4 is 11.8 Å². The fourth-order valence-corrected chi connectivity index (χ4v) is 4.07. The van der Waals surface area contributed by atoms with Crippen molar-refractivity contribution < 1.29 is 14.3 Å². The first-order chi connectivity index (χ1) is 14.2. The van der Waals surface area contributed by atoms with Crippen molar-refractivity contribution in [3.63, 3.8) is 0 Å². The van der Waals surface area contributed by atoms with Gasteiger partial charge in [0.05, 0.1) is 6.61 Å². The molecule has 29 heavy (non-hydrogen) atoms. The minimum atomic E-state index is 0.0573. The number of likely N-dealkylation sites (tertiary alicyclic amines) is 2. The Hall–Kier alpha value is -2.89. The molecule has 1 atom stereocenters. The van der Waals surface area contributed by atoms with Gasteiger partial charge in [-0.05, 0) is 62.1 Å². The second-order valence-electron chi connectivity index (χ2n) is 7.83. The number of rotatable bonds is 5. The third-order valence-electron chi connectivity index (χ3n) is 5.71. The number of pyridine rings is 1. The summed E-state index contributed by atoms with van der Waals surface area (Å²) in [5.74, 6) is 1.23. The molecule has 0 bridgehead atoms. The van der Waals surface area contributed by atoms with Crippen molar-refractivity contribution in [2.75, 3.05) is 32.8 Å². The highest BCUT2D eigenvalue weighted by molar-refractivity contribution is 5.94. The number of hydrogen-bond donors (Lipinski definition) is 0. The van der Waals surface area contributed by atoms with Crippen LogP contribution in [-0.4, -0.2) is 59.4 Å². The van der Waals surface area contributed by atoms with Crippen LogP contribution in [0.15, 0.2) is 48.8 Å². The number of benzene rings is 1. The topological polar surface area (TPSA) is 62.7 Å². The molecular weight excluding hydrogens is 366 g/mol. The summed E-state index contributed by atoms with van der Waals surface area (Å²) >= 11 is 0. The second kappa shape index (κ2) is 9.07. The van der Waals surface area contributed by atoms with E-state index in [9.17, 15) is 9.59 Å². The average Bonchev–Trinajstić information content (AvgIpc) is 3.33. The van der Waals surface area contributed by atoms with Crippen molar-refractivity contribution in [3.8, 4) is 5.75 Å². The van der Waals surface area contributed by atoms with Gasteiger partial charge in [0.2, 0.25) is 0 Å². The van der Waals surface area contributed by atoms with Crippen molar-refractivity contribution in [3.05, 3.63) is 59.9 Å². The summed E-state index contributed by atoms with van der Waals surface area (Å²) in [5, 5.41) is 0. The van der Waals surface area contributed by atoms with Gasteiger partial charge in [-0.15, -0.1) is 0 Å². The molecule has 6 nitrogen and oxygen atoms in total. The molecule has 0 aliphatic carbocycles. The molecule has 1 aromatic carbocycles. The Labute approximate surface area is 171 Å². The van der Waals surface area contributed by atoms with Crippen LogP contribution in [0.5, 0.6) is 5.75 Å². The highest BCUT2D eigenvalue weighted by Gasteiger charge is 2.25. The molecule has 152 valence electrons. The van der Waals surface area contributed by atoms with E-state index in [2.05, 4.69) is 4.98 Å². The van der Waals surface area contributed by atoms with Crippen LogP contribution in [0.1, 0.15) is 46.4 Å². The average molecular weight is 393 g/mol. The lowest BCUT2D eigenvalue weighted by Crippen LogP contribution is -2.41. The fraction of sp³-hybridized carbons (Fsp3) is 0.435. The zero-order valence-electron chi connectivity index (χ0n) is 16.6. The lowest BCUT2D eigenvalue weighted by atomic mass is 9.98. The molecule has 2 saturated heterocycles. The SMILES string of the molecule is O=C(c1ccc(OCC2CCCN(C(=O)c3ccncc3)C2)cc1)N1CCCC1. The Kier molecular flexibility index (Phi) is 6.08. The Morgan fingerprint density at radius 3 is 2.21 bits per heavy atom. The van der Waals surface area contributed by atoms with Crippen LogP contribution >= 0.6 is 0 Å². The molecule has 2 fully saturated rings. The molecule has 2 aliphatic heterocycles. The molecule has 0 spiro atoms. The van der Waals surface area contributed by atoms with Crippen LogP contribution < -0.4 is 4.74 Å². The van der Waals surface area contributed by atoms with E-state index in [0.29, 0.717) is 30.2 Å². The van der Waals surface area contributed by atoms with E-state index in [1.807, 2.05) is 34.1 Å². The summed E-state index contributed by atoms with van der Waals surface area (Å²) in [7, 11) is 0. The lowest BCUT2D eigenvalue weighted by molar-refractivity contribution is 0.0633. The van der Waals surface area contributed by atoms with E-state index in [-0.39, 0.29) is 11.8 Å². The highest BCUT2D eigenvalue weighted by Crippen LogP contribution is 2.21. The molecule has 2 amide bonds. The van der Waals surface area contributed by atoms with E-state index in [1.165, 1.54) is 0 Å². The van der Waals surface area contributed by atoms with E-state index < -0.39 is 0 Å². The summed E-state index contributed by atoms with van der Waals surface area (Å²) in [6, 6.07) is 10.9. The number of aromatic nitrogens is 1. The van der Waals surface area contributed by atoms with E-state index in [1.54, 1.807) is 24.5 Å². The monoisotopic (exact) mass is 393 g/mol. The van der Waals surface area contributed by atoms with Gasteiger partial charge in [0.15, 0.2) is 0 Å². The lowest BCUT2D eigenvalue weighted by Gasteiger charge is -2.32. The van der Waals surface area contributed by atoms with Crippen LogP contribution in [0, 0.1) is 5.92 Å². The van der Waals surface area contributed by atoms with E-state index in [0.717, 1.165) is 51.1 Å². The summed E-state index contributed by atoms with van der Waals surface area (Å²) in [4.78, 5) is 32.9. The van der Waals surface area contributed by atoms with Gasteiger partial charge in [0.25, 0.3) is 11.8 Å². The summed E-state index contributed by atoms with van der Waals surface area (Å²) in [6.45, 7) is 3.76. The minimum absolute atomic E-state index is 0.0573. The molecule has 4 rings (SSSR count). The van der Waals surface area contributed by atoms with Crippen molar-refractivity contribution in [2.24, 2.45) is 5.92 Å². The minimum Gasteiger partial charge on any atom is -0.493 e. The second-order valence-corrected chi connectivity index (χ2v) is 7.83. The fourth-order valence-electron chi connectivity index (χ4n) is 4.07. The van der Waals surface area contributed by atoms with Gasteiger partial charge in [0.1, 0.15) is 5.75 Å². The molecule has 1 unspecified atom stereocenters. The smallest absolute Gasteiger partial charge is 0.253 e. The van der Waals surface area contributed by atoms with Crippen LogP contribution in [0.3, 0.4) is 0 Å². The number of carbonyl (C=O) groups is 2. The van der Waals surface area contributed by atoms with Gasteiger partial charge in [-0.2, -0.15) is 0 Å². The summed E-state index contributed by atoms with van der Waals surface area (Å²) in [6.07, 6.45) is 7.51. The van der Waals surface area contributed by atoms with Crippen molar-refractivity contribution in [1.82, 2.24) is 14.8 Å². The molecule has 0 radical (unpaired) electrons. The van der Waals surface area contributed by atoms with Gasteiger partial charge in [-0.1, -0.05) is 0 Å². The third kappa shape index (κ3) is 4.75. The zero-order valence-corrected chi connectivity index (χ0v) is 16.6.